The fourth-order valence-electron chi connectivity index (χ4n) is 6.46. The van der Waals surface area contributed by atoms with E-state index in [-0.39, 0.29) is 0 Å². The van der Waals surface area contributed by atoms with Crippen LogP contribution in [-0.4, -0.2) is 19.5 Å². The number of para-hydroxylation sites is 2. The van der Waals surface area contributed by atoms with Crippen molar-refractivity contribution in [1.29, 1.82) is 0 Å². The number of benzene rings is 6. The highest BCUT2D eigenvalue weighted by molar-refractivity contribution is 6.17. The van der Waals surface area contributed by atoms with Crippen LogP contribution in [0.15, 0.2) is 144 Å². The minimum atomic E-state index is 0.620. The van der Waals surface area contributed by atoms with Crippen molar-refractivity contribution in [2.24, 2.45) is 0 Å². The van der Waals surface area contributed by atoms with Gasteiger partial charge in [0.05, 0.1) is 11.0 Å². The zero-order chi connectivity index (χ0) is 29.9. The molecule has 0 amide bonds. The van der Waals surface area contributed by atoms with Gasteiger partial charge in [-0.05, 0) is 43.3 Å². The van der Waals surface area contributed by atoms with Gasteiger partial charge in [0.2, 0.25) is 0 Å². The highest BCUT2D eigenvalue weighted by Gasteiger charge is 2.20. The largest absolute Gasteiger partial charge is 0.456 e. The minimum Gasteiger partial charge on any atom is -0.456 e. The lowest BCUT2D eigenvalue weighted by Gasteiger charge is -2.10. The highest BCUT2D eigenvalue weighted by Crippen LogP contribution is 2.40. The fourth-order valence-corrected chi connectivity index (χ4v) is 6.46. The predicted molar refractivity (Wildman–Crippen MR) is 182 cm³/mol. The van der Waals surface area contributed by atoms with Crippen LogP contribution < -0.4 is 0 Å². The normalized spacial score (nSPS) is 11.7. The van der Waals surface area contributed by atoms with Crippen LogP contribution in [0.1, 0.15) is 5.56 Å². The third kappa shape index (κ3) is 4.05. The third-order valence-corrected chi connectivity index (χ3v) is 8.64. The van der Waals surface area contributed by atoms with Gasteiger partial charge in [0.25, 0.3) is 0 Å². The summed E-state index contributed by atoms with van der Waals surface area (Å²) in [5.41, 5.74) is 8.96. The molecule has 0 aliphatic heterocycles. The molecule has 6 aromatic carbocycles. The Balaban J connectivity index is 1.27. The Labute approximate surface area is 259 Å². The van der Waals surface area contributed by atoms with E-state index in [0.29, 0.717) is 17.5 Å². The van der Waals surface area contributed by atoms with Crippen molar-refractivity contribution in [3.05, 3.63) is 145 Å². The summed E-state index contributed by atoms with van der Waals surface area (Å²) >= 11 is 0. The van der Waals surface area contributed by atoms with Gasteiger partial charge in [0.15, 0.2) is 17.5 Å². The predicted octanol–water partition coefficient (Wildman–Crippen LogP) is 10.2. The summed E-state index contributed by atoms with van der Waals surface area (Å²) in [5, 5.41) is 4.51. The summed E-state index contributed by atoms with van der Waals surface area (Å²) in [6.45, 7) is 2.09. The topological polar surface area (TPSA) is 56.7 Å². The van der Waals surface area contributed by atoms with Gasteiger partial charge in [-0.25, -0.2) is 15.0 Å². The van der Waals surface area contributed by atoms with E-state index in [2.05, 4.69) is 90.4 Å². The van der Waals surface area contributed by atoms with Crippen molar-refractivity contribution >= 4 is 43.7 Å². The van der Waals surface area contributed by atoms with Crippen LogP contribution in [0.3, 0.4) is 0 Å². The maximum atomic E-state index is 6.67. The Morgan fingerprint density at radius 1 is 0.489 bits per heavy atom. The molecular formula is C40H26N4O. The Hall–Kier alpha value is -6.07. The first kappa shape index (κ1) is 25.4. The van der Waals surface area contributed by atoms with Crippen LogP contribution in [-0.2, 0) is 0 Å². The molecule has 0 bridgehead atoms. The maximum absolute atomic E-state index is 6.67. The molecule has 0 atom stereocenters. The van der Waals surface area contributed by atoms with Gasteiger partial charge in [-0.1, -0.05) is 103 Å². The van der Waals surface area contributed by atoms with Crippen LogP contribution in [0.2, 0.25) is 0 Å². The second-order valence-corrected chi connectivity index (χ2v) is 11.3. The first-order chi connectivity index (χ1) is 22.2. The molecule has 9 rings (SSSR count). The maximum Gasteiger partial charge on any atom is 0.164 e. The quantitative estimate of drug-likeness (QED) is 0.208. The van der Waals surface area contributed by atoms with E-state index in [9.17, 15) is 0 Å². The number of aromatic nitrogens is 4. The standard InChI is InChI=1S/C40H26N4O/c1-25-29(40-42-38(26-13-5-2-6-14-26)41-39(43-40)27-15-7-3-8-16-27)21-22-31-33-23-35-32(24-36(33)45-37(25)31)30-19-11-12-20-34(30)44(35)28-17-9-4-10-18-28/h2-24H,1H3. The number of aryl methyl sites for hydroxylation is 1. The molecule has 5 heteroatoms. The summed E-state index contributed by atoms with van der Waals surface area (Å²) in [7, 11) is 0. The van der Waals surface area contributed by atoms with Gasteiger partial charge >= 0.3 is 0 Å². The number of rotatable bonds is 4. The van der Waals surface area contributed by atoms with Gasteiger partial charge in [-0.3, -0.25) is 0 Å². The second kappa shape index (κ2) is 10.00. The van der Waals surface area contributed by atoms with E-state index < -0.39 is 0 Å². The lowest BCUT2D eigenvalue weighted by Crippen LogP contribution is -2.01. The molecule has 45 heavy (non-hydrogen) atoms. The van der Waals surface area contributed by atoms with Crippen molar-refractivity contribution in [2.45, 2.75) is 6.92 Å². The molecule has 9 aromatic rings. The molecule has 0 radical (unpaired) electrons. The van der Waals surface area contributed by atoms with E-state index in [1.165, 1.54) is 10.9 Å². The van der Waals surface area contributed by atoms with Crippen LogP contribution in [0.25, 0.3) is 83.6 Å². The Morgan fingerprint density at radius 2 is 1.09 bits per heavy atom. The third-order valence-electron chi connectivity index (χ3n) is 8.64. The molecule has 0 saturated heterocycles. The molecule has 3 aromatic heterocycles. The number of furan rings is 1. The number of fused-ring (bicyclic) bond motifs is 6. The van der Waals surface area contributed by atoms with E-state index in [0.717, 1.165) is 60.8 Å². The minimum absolute atomic E-state index is 0.620. The summed E-state index contributed by atoms with van der Waals surface area (Å²) in [6, 6.07) is 47.9. The average Bonchev–Trinajstić information content (AvgIpc) is 3.64. The molecule has 0 fully saturated rings. The number of nitrogens with zero attached hydrogens (tertiary/aromatic N) is 4. The molecular weight excluding hydrogens is 552 g/mol. The van der Waals surface area contributed by atoms with Crippen molar-refractivity contribution < 1.29 is 4.42 Å². The van der Waals surface area contributed by atoms with Crippen molar-refractivity contribution in [3.8, 4) is 39.9 Å². The van der Waals surface area contributed by atoms with Crippen molar-refractivity contribution in [1.82, 2.24) is 19.5 Å². The summed E-state index contributed by atoms with van der Waals surface area (Å²) < 4.78 is 9.01. The van der Waals surface area contributed by atoms with E-state index in [1.54, 1.807) is 0 Å². The van der Waals surface area contributed by atoms with Crippen LogP contribution in [0, 0.1) is 6.92 Å². The monoisotopic (exact) mass is 578 g/mol. The molecule has 5 nitrogen and oxygen atoms in total. The van der Waals surface area contributed by atoms with Gasteiger partial charge in [-0.15, -0.1) is 0 Å². The van der Waals surface area contributed by atoms with Gasteiger partial charge in [0, 0.05) is 49.5 Å². The van der Waals surface area contributed by atoms with Gasteiger partial charge < -0.3 is 8.98 Å². The van der Waals surface area contributed by atoms with Crippen LogP contribution in [0.5, 0.6) is 0 Å². The molecule has 3 heterocycles. The molecule has 0 N–H and O–H groups in total. The average molecular weight is 579 g/mol. The smallest absolute Gasteiger partial charge is 0.164 e. The fraction of sp³-hybridized carbons (Fsp3) is 0.0250. The van der Waals surface area contributed by atoms with E-state index >= 15 is 0 Å². The van der Waals surface area contributed by atoms with Crippen molar-refractivity contribution in [3.63, 3.8) is 0 Å². The number of hydrogen-bond acceptors (Lipinski definition) is 4. The Kier molecular flexibility index (Phi) is 5.65. The van der Waals surface area contributed by atoms with E-state index in [4.69, 9.17) is 19.4 Å². The van der Waals surface area contributed by atoms with E-state index in [1.807, 2.05) is 60.7 Å². The van der Waals surface area contributed by atoms with Gasteiger partial charge in [-0.2, -0.15) is 0 Å². The first-order valence-corrected chi connectivity index (χ1v) is 15.0. The lowest BCUT2D eigenvalue weighted by molar-refractivity contribution is 0.666. The molecule has 0 aliphatic rings. The summed E-state index contributed by atoms with van der Waals surface area (Å²) in [5.74, 6) is 1.90. The molecule has 0 unspecified atom stereocenters. The first-order valence-electron chi connectivity index (χ1n) is 15.0. The molecule has 212 valence electrons. The second-order valence-electron chi connectivity index (χ2n) is 11.3. The van der Waals surface area contributed by atoms with Crippen molar-refractivity contribution in [2.75, 3.05) is 0 Å². The SMILES string of the molecule is Cc1c(-c2nc(-c3ccccc3)nc(-c3ccccc3)n2)ccc2c1oc1cc3c4ccccc4n(-c4ccccc4)c3cc12. The summed E-state index contributed by atoms with van der Waals surface area (Å²) in [4.78, 5) is 14.8. The molecule has 0 saturated carbocycles. The Morgan fingerprint density at radius 3 is 1.78 bits per heavy atom. The zero-order valence-electron chi connectivity index (χ0n) is 24.5. The molecule has 0 spiro atoms. The Bertz CT molecular complexity index is 2470. The summed E-state index contributed by atoms with van der Waals surface area (Å²) in [6.07, 6.45) is 0. The highest BCUT2D eigenvalue weighted by atomic mass is 16.3. The van der Waals surface area contributed by atoms with Gasteiger partial charge in [0.1, 0.15) is 11.2 Å². The molecule has 0 aliphatic carbocycles. The number of hydrogen-bond donors (Lipinski definition) is 0. The zero-order valence-corrected chi connectivity index (χ0v) is 24.5. The van der Waals surface area contributed by atoms with Crippen LogP contribution in [0.4, 0.5) is 0 Å². The lowest BCUT2D eigenvalue weighted by atomic mass is 10.0. The van der Waals surface area contributed by atoms with Crippen LogP contribution >= 0.6 is 0 Å².